The third-order valence-electron chi connectivity index (χ3n) is 3.33. The summed E-state index contributed by atoms with van der Waals surface area (Å²) in [6.07, 6.45) is 2.12. The smallest absolute Gasteiger partial charge is 0.134 e. The van der Waals surface area contributed by atoms with E-state index in [0.717, 1.165) is 28.8 Å². The first kappa shape index (κ1) is 15.6. The van der Waals surface area contributed by atoms with Crippen molar-refractivity contribution in [1.82, 2.24) is 4.98 Å². The van der Waals surface area contributed by atoms with Gasteiger partial charge >= 0.3 is 0 Å². The molecule has 0 aliphatic carbocycles. The monoisotopic (exact) mass is 288 g/mol. The van der Waals surface area contributed by atoms with E-state index < -0.39 is 6.10 Å². The van der Waals surface area contributed by atoms with Crippen LogP contribution in [0.5, 0.6) is 5.75 Å². The van der Waals surface area contributed by atoms with Crippen molar-refractivity contribution in [3.8, 4) is 5.75 Å². The van der Waals surface area contributed by atoms with Gasteiger partial charge in [0.1, 0.15) is 11.6 Å². The lowest BCUT2D eigenvalue weighted by Gasteiger charge is -2.22. The molecule has 1 heterocycles. The quantitative estimate of drug-likeness (QED) is 0.884. The zero-order valence-corrected chi connectivity index (χ0v) is 13.2. The van der Waals surface area contributed by atoms with E-state index in [0.29, 0.717) is 6.54 Å². The fraction of sp³-hybridized carbons (Fsp3) is 0.471. The number of fused-ring (bicyclic) bond motifs is 1. The summed E-state index contributed by atoms with van der Waals surface area (Å²) in [5.41, 5.74) is 0.108. The molecule has 0 bridgehead atoms. The first-order chi connectivity index (χ1) is 9.89. The van der Waals surface area contributed by atoms with Crippen LogP contribution in [0.1, 0.15) is 27.2 Å². The van der Waals surface area contributed by atoms with Gasteiger partial charge in [0.15, 0.2) is 0 Å². The molecule has 0 aliphatic heterocycles. The number of pyridine rings is 1. The Hall–Kier alpha value is -1.81. The standard InChI is InChI=1S/C17H24N2O2/c1-17(2,3)10-13(20)11-19-16-15-9-14(21-4)6-5-12(15)7-8-18-16/h5-9,13,20H,10-11H2,1-4H3,(H,18,19). The average Bonchev–Trinajstić information content (AvgIpc) is 2.42. The topological polar surface area (TPSA) is 54.4 Å². The average molecular weight is 288 g/mol. The number of hydrogen-bond donors (Lipinski definition) is 2. The maximum absolute atomic E-state index is 10.1. The van der Waals surface area contributed by atoms with Crippen LogP contribution in [0.25, 0.3) is 10.8 Å². The van der Waals surface area contributed by atoms with E-state index in [2.05, 4.69) is 31.1 Å². The number of ether oxygens (including phenoxy) is 1. The Balaban J connectivity index is 2.14. The minimum Gasteiger partial charge on any atom is -0.497 e. The lowest BCUT2D eigenvalue weighted by Crippen LogP contribution is -2.25. The summed E-state index contributed by atoms with van der Waals surface area (Å²) in [6, 6.07) is 7.86. The molecular formula is C17H24N2O2. The van der Waals surface area contributed by atoms with Crippen LogP contribution in [-0.2, 0) is 0 Å². The second kappa shape index (κ2) is 6.31. The SMILES string of the molecule is COc1ccc2ccnc(NCC(O)CC(C)(C)C)c2c1. The van der Waals surface area contributed by atoms with Crippen LogP contribution in [0.2, 0.25) is 0 Å². The van der Waals surface area contributed by atoms with Gasteiger partial charge in [-0.1, -0.05) is 26.8 Å². The number of nitrogens with zero attached hydrogens (tertiary/aromatic N) is 1. The van der Waals surface area contributed by atoms with Gasteiger partial charge in [-0.2, -0.15) is 0 Å². The number of methoxy groups -OCH3 is 1. The zero-order valence-electron chi connectivity index (χ0n) is 13.2. The first-order valence-corrected chi connectivity index (χ1v) is 7.24. The number of hydrogen-bond acceptors (Lipinski definition) is 4. The van der Waals surface area contributed by atoms with Crippen LogP contribution in [0, 0.1) is 5.41 Å². The Morgan fingerprint density at radius 2 is 2.05 bits per heavy atom. The van der Waals surface area contributed by atoms with Gasteiger partial charge in [0, 0.05) is 18.1 Å². The van der Waals surface area contributed by atoms with Crippen LogP contribution in [0.4, 0.5) is 5.82 Å². The van der Waals surface area contributed by atoms with Gasteiger partial charge < -0.3 is 15.2 Å². The van der Waals surface area contributed by atoms with Crippen LogP contribution in [-0.4, -0.2) is 29.8 Å². The summed E-state index contributed by atoms with van der Waals surface area (Å²) in [4.78, 5) is 4.37. The summed E-state index contributed by atoms with van der Waals surface area (Å²) in [5, 5.41) is 15.4. The number of aliphatic hydroxyl groups is 1. The summed E-state index contributed by atoms with van der Waals surface area (Å²) in [5.74, 6) is 1.58. The van der Waals surface area contributed by atoms with Crippen LogP contribution in [0.15, 0.2) is 30.5 Å². The Kier molecular flexibility index (Phi) is 4.68. The molecule has 1 unspecified atom stereocenters. The summed E-state index contributed by atoms with van der Waals surface area (Å²) < 4.78 is 5.26. The largest absolute Gasteiger partial charge is 0.497 e. The number of nitrogens with one attached hydrogen (secondary N) is 1. The molecule has 1 aromatic carbocycles. The highest BCUT2D eigenvalue weighted by molar-refractivity contribution is 5.92. The minimum atomic E-state index is -0.396. The molecule has 0 radical (unpaired) electrons. The Morgan fingerprint density at radius 3 is 2.71 bits per heavy atom. The maximum atomic E-state index is 10.1. The summed E-state index contributed by atoms with van der Waals surface area (Å²) in [6.45, 7) is 6.85. The van der Waals surface area contributed by atoms with Gasteiger partial charge in [0.05, 0.1) is 13.2 Å². The van der Waals surface area contributed by atoms with E-state index in [4.69, 9.17) is 4.74 Å². The Morgan fingerprint density at radius 1 is 1.29 bits per heavy atom. The number of benzene rings is 1. The molecule has 114 valence electrons. The molecule has 4 nitrogen and oxygen atoms in total. The summed E-state index contributed by atoms with van der Waals surface area (Å²) in [7, 11) is 1.65. The van der Waals surface area contributed by atoms with Crippen molar-refractivity contribution >= 4 is 16.6 Å². The van der Waals surface area contributed by atoms with E-state index in [1.807, 2.05) is 24.3 Å². The molecule has 2 N–H and O–H groups in total. The van der Waals surface area contributed by atoms with Crippen LogP contribution >= 0.6 is 0 Å². The molecular weight excluding hydrogens is 264 g/mol. The second-order valence-electron chi connectivity index (χ2n) is 6.55. The van der Waals surface area contributed by atoms with Gasteiger partial charge in [-0.05, 0) is 35.4 Å². The Bertz CT molecular complexity index is 605. The zero-order chi connectivity index (χ0) is 15.5. The molecule has 0 fully saturated rings. The molecule has 0 saturated heterocycles. The van der Waals surface area contributed by atoms with Gasteiger partial charge in [-0.15, -0.1) is 0 Å². The normalized spacial score (nSPS) is 13.2. The molecule has 2 aromatic rings. The predicted molar refractivity (Wildman–Crippen MR) is 86.9 cm³/mol. The van der Waals surface area contributed by atoms with Crippen LogP contribution in [0.3, 0.4) is 0 Å². The van der Waals surface area contributed by atoms with E-state index >= 15 is 0 Å². The second-order valence-corrected chi connectivity index (χ2v) is 6.55. The fourth-order valence-electron chi connectivity index (χ4n) is 2.41. The van der Waals surface area contributed by atoms with Crippen molar-refractivity contribution in [2.45, 2.75) is 33.3 Å². The molecule has 1 aromatic heterocycles. The molecule has 0 aliphatic rings. The third-order valence-corrected chi connectivity index (χ3v) is 3.33. The molecule has 1 atom stereocenters. The van der Waals surface area contributed by atoms with Gasteiger partial charge in [0.25, 0.3) is 0 Å². The highest BCUT2D eigenvalue weighted by Gasteiger charge is 2.16. The highest BCUT2D eigenvalue weighted by atomic mass is 16.5. The molecule has 0 saturated carbocycles. The van der Waals surface area contributed by atoms with E-state index in [1.165, 1.54) is 0 Å². The van der Waals surface area contributed by atoms with E-state index in [1.54, 1.807) is 13.3 Å². The van der Waals surface area contributed by atoms with Crippen LogP contribution < -0.4 is 10.1 Å². The molecule has 2 rings (SSSR count). The highest BCUT2D eigenvalue weighted by Crippen LogP contribution is 2.26. The number of aromatic nitrogens is 1. The van der Waals surface area contributed by atoms with Crippen molar-refractivity contribution in [3.63, 3.8) is 0 Å². The van der Waals surface area contributed by atoms with Crippen molar-refractivity contribution in [2.75, 3.05) is 19.0 Å². The van der Waals surface area contributed by atoms with Gasteiger partial charge in [-0.25, -0.2) is 4.98 Å². The van der Waals surface area contributed by atoms with E-state index in [9.17, 15) is 5.11 Å². The molecule has 0 amide bonds. The predicted octanol–water partition coefficient (Wildman–Crippen LogP) is 3.45. The number of rotatable bonds is 5. The third kappa shape index (κ3) is 4.33. The lowest BCUT2D eigenvalue weighted by molar-refractivity contribution is 0.132. The van der Waals surface area contributed by atoms with Gasteiger partial charge in [-0.3, -0.25) is 0 Å². The van der Waals surface area contributed by atoms with E-state index in [-0.39, 0.29) is 5.41 Å². The van der Waals surface area contributed by atoms with Crippen molar-refractivity contribution in [3.05, 3.63) is 30.5 Å². The number of anilines is 1. The number of aliphatic hydroxyl groups excluding tert-OH is 1. The van der Waals surface area contributed by atoms with Crippen molar-refractivity contribution < 1.29 is 9.84 Å². The Labute approximate surface area is 126 Å². The summed E-state index contributed by atoms with van der Waals surface area (Å²) >= 11 is 0. The van der Waals surface area contributed by atoms with Crippen molar-refractivity contribution in [1.29, 1.82) is 0 Å². The first-order valence-electron chi connectivity index (χ1n) is 7.24. The maximum Gasteiger partial charge on any atom is 0.134 e. The molecule has 0 spiro atoms. The molecule has 4 heteroatoms. The molecule has 21 heavy (non-hydrogen) atoms. The minimum absolute atomic E-state index is 0.108. The van der Waals surface area contributed by atoms with Gasteiger partial charge in [0.2, 0.25) is 0 Å². The lowest BCUT2D eigenvalue weighted by atomic mass is 9.89. The fourth-order valence-corrected chi connectivity index (χ4v) is 2.41. The van der Waals surface area contributed by atoms with Crippen molar-refractivity contribution in [2.24, 2.45) is 5.41 Å².